The normalized spacial score (nSPS) is 24.5. The number of benzene rings is 2. The first-order valence-corrected chi connectivity index (χ1v) is 14.3. The molecule has 0 aromatic heterocycles. The summed E-state index contributed by atoms with van der Waals surface area (Å²) in [6, 6.07) is 10.4. The standard InChI is InChI=1S/C30H32BClN2O7/c1-3-5-18(13-19-9-10-22(35)15-25(19)32)8-11-26-27-17(2)12-23-28(24(27)16-31(38)41-26)30(37)33(29(23)36)20-6-4-7-21(14-20)34(39)40/h4,6-7,9-10,13-15,23-24,26,28,35,38H,3,5,8,11-12,16H2,1-2H3/b18-13+/t23-,24+,26-,28-/m1/s1. The third-order valence-electron chi connectivity index (χ3n) is 8.39. The fraction of sp³-hybridized carbons (Fsp3) is 0.400. The maximum absolute atomic E-state index is 13.8. The molecule has 1 aliphatic carbocycles. The van der Waals surface area contributed by atoms with E-state index in [2.05, 4.69) is 6.92 Å². The van der Waals surface area contributed by atoms with Crippen molar-refractivity contribution >= 4 is 48.0 Å². The van der Waals surface area contributed by atoms with E-state index < -0.39 is 35.9 Å². The highest BCUT2D eigenvalue weighted by molar-refractivity contribution is 6.43. The molecule has 0 saturated carbocycles. The number of phenolic OH excluding ortho intramolecular Hbond substituents is 1. The van der Waals surface area contributed by atoms with Gasteiger partial charge >= 0.3 is 7.12 Å². The number of halogens is 1. The number of hydrogen-bond donors (Lipinski definition) is 2. The van der Waals surface area contributed by atoms with Gasteiger partial charge in [-0.1, -0.05) is 48.2 Å². The Labute approximate surface area is 243 Å². The van der Waals surface area contributed by atoms with Crippen molar-refractivity contribution in [2.75, 3.05) is 4.90 Å². The molecule has 5 rings (SSSR count). The number of fused-ring (bicyclic) bond motifs is 3. The largest absolute Gasteiger partial charge is 0.508 e. The molecule has 41 heavy (non-hydrogen) atoms. The Morgan fingerprint density at radius 1 is 1.20 bits per heavy atom. The average molecular weight is 579 g/mol. The number of amides is 2. The van der Waals surface area contributed by atoms with Crippen LogP contribution in [-0.4, -0.2) is 40.1 Å². The third kappa shape index (κ3) is 5.69. The molecule has 2 aliphatic heterocycles. The first-order chi connectivity index (χ1) is 19.6. The molecule has 3 aliphatic rings. The van der Waals surface area contributed by atoms with Crippen molar-refractivity contribution < 1.29 is 29.3 Å². The van der Waals surface area contributed by atoms with Gasteiger partial charge in [0.2, 0.25) is 11.8 Å². The van der Waals surface area contributed by atoms with Crippen molar-refractivity contribution in [2.45, 2.75) is 58.4 Å². The summed E-state index contributed by atoms with van der Waals surface area (Å²) < 4.78 is 6.04. The van der Waals surface area contributed by atoms with Crippen molar-refractivity contribution in [3.63, 3.8) is 0 Å². The van der Waals surface area contributed by atoms with Crippen LogP contribution in [0.1, 0.15) is 51.5 Å². The summed E-state index contributed by atoms with van der Waals surface area (Å²) in [5.74, 6) is -2.28. The Hall–Kier alpha value is -3.47. The number of nitrogens with zero attached hydrogens (tertiary/aromatic N) is 2. The maximum atomic E-state index is 13.8. The zero-order valence-electron chi connectivity index (χ0n) is 23.0. The molecule has 0 unspecified atom stereocenters. The van der Waals surface area contributed by atoms with Gasteiger partial charge in [-0.05, 0) is 80.2 Å². The molecule has 4 atom stereocenters. The Morgan fingerprint density at radius 3 is 2.68 bits per heavy atom. The van der Waals surface area contributed by atoms with Gasteiger partial charge in [0.05, 0.1) is 33.6 Å². The second-order valence-electron chi connectivity index (χ2n) is 11.1. The van der Waals surface area contributed by atoms with Crippen LogP contribution in [0.5, 0.6) is 5.75 Å². The minimum atomic E-state index is -1.08. The van der Waals surface area contributed by atoms with Crippen LogP contribution >= 0.6 is 11.6 Å². The van der Waals surface area contributed by atoms with Crippen LogP contribution in [0.25, 0.3) is 6.08 Å². The SMILES string of the molecule is CCC/C(=C\c1ccc(O)cc1Cl)CC[C@H]1OB(O)C[C@H]2C1=C(C)C[C@H]1C(=O)N(c3cccc([N+](=O)[O-])c3)C(=O)[C@H]12. The van der Waals surface area contributed by atoms with Crippen LogP contribution in [0, 0.1) is 27.9 Å². The molecule has 0 radical (unpaired) electrons. The Balaban J connectivity index is 1.40. The number of anilines is 1. The second kappa shape index (κ2) is 11.8. The smallest absolute Gasteiger partial charge is 0.455 e. The van der Waals surface area contributed by atoms with Gasteiger partial charge in [0.15, 0.2) is 0 Å². The van der Waals surface area contributed by atoms with Crippen molar-refractivity contribution in [3.8, 4) is 5.75 Å². The van der Waals surface area contributed by atoms with Gasteiger partial charge in [0, 0.05) is 12.1 Å². The number of allylic oxidation sites excluding steroid dienone is 2. The Morgan fingerprint density at radius 2 is 1.98 bits per heavy atom. The number of rotatable bonds is 8. The molecule has 214 valence electrons. The zero-order valence-corrected chi connectivity index (χ0v) is 23.7. The molecule has 2 N–H and O–H groups in total. The fourth-order valence-corrected chi connectivity index (χ4v) is 6.91. The van der Waals surface area contributed by atoms with E-state index in [0.717, 1.165) is 40.0 Å². The summed E-state index contributed by atoms with van der Waals surface area (Å²) in [5, 5.41) is 32.2. The lowest BCUT2D eigenvalue weighted by molar-refractivity contribution is -0.384. The van der Waals surface area contributed by atoms with Gasteiger partial charge < -0.3 is 14.8 Å². The van der Waals surface area contributed by atoms with Crippen molar-refractivity contribution in [1.29, 1.82) is 0 Å². The van der Waals surface area contributed by atoms with Gasteiger partial charge in [-0.15, -0.1) is 0 Å². The van der Waals surface area contributed by atoms with Gasteiger partial charge in [-0.3, -0.25) is 19.7 Å². The predicted octanol–water partition coefficient (Wildman–Crippen LogP) is 5.94. The Kier molecular flexibility index (Phi) is 8.36. The number of hydrogen-bond acceptors (Lipinski definition) is 7. The number of non-ortho nitro benzene ring substituents is 1. The molecular formula is C30H32BClN2O7. The van der Waals surface area contributed by atoms with Crippen LogP contribution in [0.15, 0.2) is 59.2 Å². The molecule has 9 nitrogen and oxygen atoms in total. The quantitative estimate of drug-likeness (QED) is 0.130. The summed E-state index contributed by atoms with van der Waals surface area (Å²) >= 11 is 6.34. The third-order valence-corrected chi connectivity index (χ3v) is 8.72. The van der Waals surface area contributed by atoms with Crippen LogP contribution in [-0.2, 0) is 14.2 Å². The summed E-state index contributed by atoms with van der Waals surface area (Å²) in [7, 11) is -1.08. The van der Waals surface area contributed by atoms with E-state index in [0.29, 0.717) is 24.3 Å². The lowest BCUT2D eigenvalue weighted by Gasteiger charge is -2.42. The van der Waals surface area contributed by atoms with E-state index in [4.69, 9.17) is 16.3 Å². The molecule has 2 fully saturated rings. The van der Waals surface area contributed by atoms with Crippen molar-refractivity contribution in [3.05, 3.63) is 79.9 Å². The monoisotopic (exact) mass is 578 g/mol. The summed E-state index contributed by atoms with van der Waals surface area (Å²) in [4.78, 5) is 39.1. The lowest BCUT2D eigenvalue weighted by atomic mass is 9.58. The Bertz CT molecular complexity index is 1460. The van der Waals surface area contributed by atoms with Crippen molar-refractivity contribution in [2.24, 2.45) is 17.8 Å². The lowest BCUT2D eigenvalue weighted by Crippen LogP contribution is -2.46. The van der Waals surface area contributed by atoms with E-state index in [1.807, 2.05) is 13.0 Å². The minimum Gasteiger partial charge on any atom is -0.508 e. The molecule has 2 aromatic rings. The van der Waals surface area contributed by atoms with E-state index in [-0.39, 0.29) is 35.3 Å². The van der Waals surface area contributed by atoms with Gasteiger partial charge in [0.25, 0.3) is 5.69 Å². The topological polar surface area (TPSA) is 130 Å². The maximum Gasteiger partial charge on any atom is 0.455 e. The van der Waals surface area contributed by atoms with Crippen molar-refractivity contribution in [1.82, 2.24) is 0 Å². The van der Waals surface area contributed by atoms with E-state index in [9.17, 15) is 29.8 Å². The molecule has 0 bridgehead atoms. The zero-order chi connectivity index (χ0) is 29.4. The summed E-state index contributed by atoms with van der Waals surface area (Å²) in [5.41, 5.74) is 3.90. The number of carbonyl (C=O) groups excluding carboxylic acids is 2. The first-order valence-electron chi connectivity index (χ1n) is 13.9. The molecular weight excluding hydrogens is 547 g/mol. The average Bonchev–Trinajstić information content (AvgIpc) is 3.17. The van der Waals surface area contributed by atoms with E-state index in [1.54, 1.807) is 12.1 Å². The summed E-state index contributed by atoms with van der Waals surface area (Å²) in [6.45, 7) is 4.05. The molecule has 2 amide bonds. The molecule has 11 heteroatoms. The fourth-order valence-electron chi connectivity index (χ4n) is 6.68. The molecule has 2 saturated heterocycles. The number of nitro groups is 1. The van der Waals surface area contributed by atoms with E-state index >= 15 is 0 Å². The molecule has 2 aromatic carbocycles. The van der Waals surface area contributed by atoms with Crippen LogP contribution in [0.2, 0.25) is 11.3 Å². The molecule has 2 heterocycles. The van der Waals surface area contributed by atoms with Gasteiger partial charge in [-0.2, -0.15) is 0 Å². The number of carbonyl (C=O) groups is 2. The number of nitro benzene ring substituents is 1. The predicted molar refractivity (Wildman–Crippen MR) is 156 cm³/mol. The number of phenols is 1. The summed E-state index contributed by atoms with van der Waals surface area (Å²) in [6.07, 6.45) is 5.21. The van der Waals surface area contributed by atoms with Crippen LogP contribution in [0.4, 0.5) is 11.4 Å². The highest BCUT2D eigenvalue weighted by Crippen LogP contribution is 2.51. The number of aromatic hydroxyl groups is 1. The van der Waals surface area contributed by atoms with Gasteiger partial charge in [-0.25, -0.2) is 4.90 Å². The number of imide groups is 1. The highest BCUT2D eigenvalue weighted by atomic mass is 35.5. The second-order valence-corrected chi connectivity index (χ2v) is 11.5. The molecule has 0 spiro atoms. The first kappa shape index (κ1) is 29.0. The minimum absolute atomic E-state index is 0.0989. The highest BCUT2D eigenvalue weighted by Gasteiger charge is 2.57. The van der Waals surface area contributed by atoms with Crippen LogP contribution in [0.3, 0.4) is 0 Å². The van der Waals surface area contributed by atoms with Gasteiger partial charge in [0.1, 0.15) is 5.75 Å². The van der Waals surface area contributed by atoms with Crippen LogP contribution < -0.4 is 4.90 Å². The van der Waals surface area contributed by atoms with E-state index in [1.165, 1.54) is 30.3 Å².